The Labute approximate surface area is 205 Å². The molecular weight excluding hydrogens is 448 g/mol. The number of benzene rings is 2. The van der Waals surface area contributed by atoms with Crippen LogP contribution in [0.25, 0.3) is 0 Å². The number of aryl methyl sites for hydroxylation is 2. The predicted molar refractivity (Wildman–Crippen MR) is 132 cm³/mol. The van der Waals surface area contributed by atoms with Gasteiger partial charge in [0.15, 0.2) is 6.61 Å². The Balaban J connectivity index is 1.49. The van der Waals surface area contributed by atoms with Crippen LogP contribution in [0.4, 0.5) is 11.4 Å². The van der Waals surface area contributed by atoms with E-state index in [2.05, 4.69) is 12.2 Å². The largest absolute Gasteiger partial charge is 0.462 e. The normalized spacial score (nSPS) is 15.1. The van der Waals surface area contributed by atoms with Gasteiger partial charge in [-0.25, -0.2) is 4.79 Å². The van der Waals surface area contributed by atoms with Crippen LogP contribution < -0.4 is 10.2 Å². The number of unbranched alkanes of at least 4 members (excludes halogenated alkanes) is 2. The van der Waals surface area contributed by atoms with Crippen molar-refractivity contribution >= 4 is 35.1 Å². The van der Waals surface area contributed by atoms with Gasteiger partial charge in [0.2, 0.25) is 5.91 Å². The Morgan fingerprint density at radius 3 is 2.34 bits per heavy atom. The van der Waals surface area contributed by atoms with Crippen LogP contribution in [0.1, 0.15) is 54.1 Å². The fourth-order valence-corrected chi connectivity index (χ4v) is 3.99. The number of carbonyl (C=O) groups is 4. The SMILES string of the molecule is CCCCCOC(=O)c1ccc(N2C[C@H](C(=O)OCC(=O)Nc3cc(C)cc(C)c3)CC2=O)cc1. The predicted octanol–water partition coefficient (Wildman–Crippen LogP) is 4.19. The number of esters is 2. The maximum absolute atomic E-state index is 12.5. The van der Waals surface area contributed by atoms with Gasteiger partial charge in [-0.05, 0) is 67.8 Å². The summed E-state index contributed by atoms with van der Waals surface area (Å²) in [6.07, 6.45) is 2.88. The summed E-state index contributed by atoms with van der Waals surface area (Å²) in [6.45, 7) is 6.04. The lowest BCUT2D eigenvalue weighted by Gasteiger charge is -2.17. The number of hydrogen-bond acceptors (Lipinski definition) is 6. The molecule has 0 saturated carbocycles. The van der Waals surface area contributed by atoms with E-state index in [-0.39, 0.29) is 18.9 Å². The Hall–Kier alpha value is -3.68. The molecule has 1 saturated heterocycles. The number of carbonyl (C=O) groups excluding carboxylic acids is 4. The fraction of sp³-hybridized carbons (Fsp3) is 0.407. The second-order valence-corrected chi connectivity index (χ2v) is 8.83. The van der Waals surface area contributed by atoms with E-state index in [9.17, 15) is 19.2 Å². The molecule has 186 valence electrons. The van der Waals surface area contributed by atoms with Crippen molar-refractivity contribution in [2.24, 2.45) is 5.92 Å². The van der Waals surface area contributed by atoms with E-state index in [0.717, 1.165) is 30.4 Å². The van der Waals surface area contributed by atoms with Crippen molar-refractivity contribution in [1.82, 2.24) is 0 Å². The lowest BCUT2D eigenvalue weighted by Crippen LogP contribution is -2.28. The monoisotopic (exact) mass is 480 g/mol. The van der Waals surface area contributed by atoms with Crippen molar-refractivity contribution in [2.45, 2.75) is 46.5 Å². The van der Waals surface area contributed by atoms with Gasteiger partial charge < -0.3 is 19.7 Å². The van der Waals surface area contributed by atoms with Gasteiger partial charge in [-0.1, -0.05) is 25.8 Å². The summed E-state index contributed by atoms with van der Waals surface area (Å²) in [5.74, 6) is -2.33. The average molecular weight is 481 g/mol. The van der Waals surface area contributed by atoms with Crippen LogP contribution in [-0.4, -0.2) is 43.5 Å². The second-order valence-electron chi connectivity index (χ2n) is 8.83. The van der Waals surface area contributed by atoms with Gasteiger partial charge in [0.05, 0.1) is 18.1 Å². The number of ether oxygens (including phenoxy) is 2. The molecule has 35 heavy (non-hydrogen) atoms. The molecule has 1 fully saturated rings. The molecule has 1 atom stereocenters. The molecule has 0 unspecified atom stereocenters. The van der Waals surface area contributed by atoms with Gasteiger partial charge in [-0.2, -0.15) is 0 Å². The Kier molecular flexibility index (Phi) is 9.00. The minimum atomic E-state index is -0.667. The van der Waals surface area contributed by atoms with E-state index in [1.165, 1.54) is 4.90 Å². The molecule has 1 aliphatic heterocycles. The van der Waals surface area contributed by atoms with Crippen molar-refractivity contribution in [2.75, 3.05) is 30.0 Å². The third kappa shape index (κ3) is 7.40. The highest BCUT2D eigenvalue weighted by Gasteiger charge is 2.36. The van der Waals surface area contributed by atoms with Crippen LogP contribution in [0.5, 0.6) is 0 Å². The fourth-order valence-electron chi connectivity index (χ4n) is 3.99. The van der Waals surface area contributed by atoms with E-state index in [4.69, 9.17) is 9.47 Å². The molecule has 0 spiro atoms. The molecule has 1 N–H and O–H groups in total. The zero-order valence-corrected chi connectivity index (χ0v) is 20.5. The summed E-state index contributed by atoms with van der Waals surface area (Å²) < 4.78 is 10.4. The van der Waals surface area contributed by atoms with Gasteiger partial charge in [-0.3, -0.25) is 14.4 Å². The first-order chi connectivity index (χ1) is 16.8. The third-order valence-corrected chi connectivity index (χ3v) is 5.71. The molecule has 1 heterocycles. The maximum atomic E-state index is 12.5. The van der Waals surface area contributed by atoms with Crippen LogP contribution in [-0.2, 0) is 23.9 Å². The average Bonchev–Trinajstić information content (AvgIpc) is 3.21. The molecule has 0 bridgehead atoms. The minimum absolute atomic E-state index is 0.00124. The first-order valence-corrected chi connectivity index (χ1v) is 11.9. The van der Waals surface area contributed by atoms with E-state index < -0.39 is 30.4 Å². The molecule has 0 aliphatic carbocycles. The molecule has 2 aromatic rings. The molecule has 1 aliphatic rings. The van der Waals surface area contributed by atoms with Crippen molar-refractivity contribution in [1.29, 1.82) is 0 Å². The highest BCUT2D eigenvalue weighted by atomic mass is 16.5. The van der Waals surface area contributed by atoms with Gasteiger partial charge in [0, 0.05) is 24.3 Å². The summed E-state index contributed by atoms with van der Waals surface area (Å²) in [4.78, 5) is 50.8. The molecule has 0 aromatic heterocycles. The summed E-state index contributed by atoms with van der Waals surface area (Å²) in [5.41, 5.74) is 3.65. The van der Waals surface area contributed by atoms with Crippen LogP contribution >= 0.6 is 0 Å². The van der Waals surface area contributed by atoms with E-state index in [1.807, 2.05) is 32.0 Å². The molecular formula is C27H32N2O6. The lowest BCUT2D eigenvalue weighted by atomic mass is 10.1. The van der Waals surface area contributed by atoms with Crippen molar-refractivity contribution in [3.05, 3.63) is 59.2 Å². The number of hydrogen-bond donors (Lipinski definition) is 1. The summed E-state index contributed by atoms with van der Waals surface area (Å²) in [6, 6.07) is 12.2. The highest BCUT2D eigenvalue weighted by Crippen LogP contribution is 2.26. The number of nitrogens with one attached hydrogen (secondary N) is 1. The molecule has 0 radical (unpaired) electrons. The van der Waals surface area contributed by atoms with Crippen LogP contribution in [0.2, 0.25) is 0 Å². The lowest BCUT2D eigenvalue weighted by molar-refractivity contribution is -0.151. The smallest absolute Gasteiger partial charge is 0.338 e. The van der Waals surface area contributed by atoms with Gasteiger partial charge in [0.25, 0.3) is 5.91 Å². The Morgan fingerprint density at radius 1 is 1.00 bits per heavy atom. The minimum Gasteiger partial charge on any atom is -0.462 e. The highest BCUT2D eigenvalue weighted by molar-refractivity contribution is 6.00. The number of amides is 2. The Morgan fingerprint density at radius 2 is 1.69 bits per heavy atom. The molecule has 3 rings (SSSR count). The quantitative estimate of drug-likeness (QED) is 0.404. The standard InChI is InChI=1S/C27H32N2O6/c1-4-5-6-11-34-26(32)20-7-9-23(10-8-20)29-16-21(15-25(29)31)27(33)35-17-24(30)28-22-13-18(2)12-19(3)14-22/h7-10,12-14,21H,4-6,11,15-17H2,1-3H3,(H,28,30)/t21-/m1/s1. The van der Waals surface area contributed by atoms with E-state index >= 15 is 0 Å². The van der Waals surface area contributed by atoms with E-state index in [1.54, 1.807) is 24.3 Å². The van der Waals surface area contributed by atoms with Crippen molar-refractivity contribution in [3.63, 3.8) is 0 Å². The summed E-state index contributed by atoms with van der Waals surface area (Å²) >= 11 is 0. The van der Waals surface area contributed by atoms with Crippen molar-refractivity contribution < 1.29 is 28.7 Å². The second kappa shape index (κ2) is 12.1. The van der Waals surface area contributed by atoms with Gasteiger partial charge in [0.1, 0.15) is 0 Å². The van der Waals surface area contributed by atoms with Gasteiger partial charge >= 0.3 is 11.9 Å². The van der Waals surface area contributed by atoms with Gasteiger partial charge in [-0.15, -0.1) is 0 Å². The molecule has 8 nitrogen and oxygen atoms in total. The zero-order chi connectivity index (χ0) is 25.4. The first kappa shape index (κ1) is 25.9. The van der Waals surface area contributed by atoms with Crippen LogP contribution in [0.15, 0.2) is 42.5 Å². The first-order valence-electron chi connectivity index (χ1n) is 11.9. The Bertz CT molecular complexity index is 1060. The number of rotatable bonds is 10. The third-order valence-electron chi connectivity index (χ3n) is 5.71. The number of nitrogens with zero attached hydrogens (tertiary/aromatic N) is 1. The number of anilines is 2. The van der Waals surface area contributed by atoms with Crippen LogP contribution in [0.3, 0.4) is 0 Å². The topological polar surface area (TPSA) is 102 Å². The zero-order valence-electron chi connectivity index (χ0n) is 20.5. The summed E-state index contributed by atoms with van der Waals surface area (Å²) in [5, 5.41) is 2.71. The molecule has 8 heteroatoms. The molecule has 2 aromatic carbocycles. The molecule has 2 amide bonds. The van der Waals surface area contributed by atoms with Crippen LogP contribution in [0, 0.1) is 19.8 Å². The van der Waals surface area contributed by atoms with E-state index in [0.29, 0.717) is 23.5 Å². The summed E-state index contributed by atoms with van der Waals surface area (Å²) in [7, 11) is 0. The van der Waals surface area contributed by atoms with Crippen molar-refractivity contribution in [3.8, 4) is 0 Å². The maximum Gasteiger partial charge on any atom is 0.338 e.